The summed E-state index contributed by atoms with van der Waals surface area (Å²) in [6.45, 7) is 0. The molecule has 0 aromatic rings. The maximum Gasteiger partial charge on any atom is 0.430 e. The van der Waals surface area contributed by atoms with Crippen molar-refractivity contribution in [1.29, 1.82) is 0 Å². The Bertz CT molecular complexity index is 784. The molecule has 0 saturated heterocycles. The lowest BCUT2D eigenvalue weighted by Gasteiger charge is -2.67. The molecule has 0 radical (unpaired) electrons. The summed E-state index contributed by atoms with van der Waals surface area (Å²) in [6.07, 6.45) is -17.5. The quantitative estimate of drug-likeness (QED) is 0.332. The van der Waals surface area contributed by atoms with E-state index in [1.165, 1.54) is 0 Å². The largest absolute Gasteiger partial charge is 0.430 e. The van der Waals surface area contributed by atoms with Gasteiger partial charge in [0.2, 0.25) is 0 Å². The Kier molecular flexibility index (Phi) is 4.35. The smallest absolute Gasteiger partial charge is 0.225 e. The highest BCUT2D eigenvalue weighted by Crippen LogP contribution is 2.87. The van der Waals surface area contributed by atoms with Gasteiger partial charge in [-0.1, -0.05) is 0 Å². The lowest BCUT2D eigenvalue weighted by atomic mass is 9.44. The van der Waals surface area contributed by atoms with Crippen LogP contribution in [0.25, 0.3) is 0 Å². The maximum atomic E-state index is 14.4. The van der Waals surface area contributed by atoms with Gasteiger partial charge in [0, 0.05) is 0 Å². The number of fused-ring (bicyclic) bond motifs is 2. The predicted molar refractivity (Wildman–Crippen MR) is 51.9 cm³/mol. The Morgan fingerprint density at radius 2 is 0.645 bits per heavy atom. The molecule has 2 rings (SSSR count). The van der Waals surface area contributed by atoms with Crippen LogP contribution < -0.4 is 0 Å². The van der Waals surface area contributed by atoms with Crippen molar-refractivity contribution in [2.45, 2.75) is 59.2 Å². The summed E-state index contributed by atoms with van der Waals surface area (Å²) in [5, 5.41) is 0. The van der Waals surface area contributed by atoms with Crippen LogP contribution in [-0.4, -0.2) is 59.2 Å². The molecule has 2 fully saturated rings. The van der Waals surface area contributed by atoms with E-state index in [-0.39, 0.29) is 0 Å². The van der Waals surface area contributed by atoms with Gasteiger partial charge in [-0.15, -0.1) is 0 Å². The second-order valence-electron chi connectivity index (χ2n) is 6.51. The first-order chi connectivity index (χ1) is 13.0. The summed E-state index contributed by atoms with van der Waals surface area (Å²) in [6, 6.07) is 0. The average Bonchev–Trinajstić information content (AvgIpc) is 2.47. The zero-order chi connectivity index (χ0) is 25.5. The van der Waals surface area contributed by atoms with Crippen LogP contribution in [0.5, 0.6) is 0 Å². The van der Waals surface area contributed by atoms with E-state index in [9.17, 15) is 87.8 Å². The third-order valence-electron chi connectivity index (χ3n) is 5.19. The molecule has 31 heavy (non-hydrogen) atoms. The van der Waals surface area contributed by atoms with E-state index in [1.54, 1.807) is 0 Å². The Morgan fingerprint density at radius 1 is 0.323 bits per heavy atom. The lowest BCUT2D eigenvalue weighted by Crippen LogP contribution is -3.00. The fourth-order valence-corrected chi connectivity index (χ4v) is 3.74. The van der Waals surface area contributed by atoms with Gasteiger partial charge in [-0.2, -0.15) is 70.2 Å². The molecule has 184 valence electrons. The number of hydrogen-bond donors (Lipinski definition) is 0. The summed E-state index contributed by atoms with van der Waals surface area (Å²) >= 11 is 0. The summed E-state index contributed by atoms with van der Waals surface area (Å²) in [4.78, 5) is 0. The van der Waals surface area contributed by atoms with Gasteiger partial charge in [0.25, 0.3) is 5.41 Å². The predicted octanol–water partition coefficient (Wildman–Crippen LogP) is 6.35. The Morgan fingerprint density at radius 3 is 0.935 bits per heavy atom. The van der Waals surface area contributed by atoms with Crippen molar-refractivity contribution in [3.05, 3.63) is 0 Å². The van der Waals surface area contributed by atoms with Crippen LogP contribution in [-0.2, 0) is 0 Å². The van der Waals surface area contributed by atoms with Gasteiger partial charge >= 0.3 is 59.2 Å². The van der Waals surface area contributed by atoms with E-state index >= 15 is 0 Å². The van der Waals surface area contributed by atoms with Gasteiger partial charge in [0.05, 0.1) is 0 Å². The van der Waals surface area contributed by atoms with Gasteiger partial charge in [-0.3, -0.25) is 0 Å². The zero-order valence-corrected chi connectivity index (χ0v) is 13.1. The molecule has 2 aliphatic rings. The Labute approximate surface area is 154 Å². The second-order valence-corrected chi connectivity index (χ2v) is 6.51. The van der Waals surface area contributed by atoms with Crippen molar-refractivity contribution in [3.8, 4) is 0 Å². The van der Waals surface area contributed by atoms with Gasteiger partial charge in [-0.25, -0.2) is 17.6 Å². The summed E-state index contributed by atoms with van der Waals surface area (Å²) in [5.41, 5.74) is -27.2. The molecule has 2 bridgehead atoms. The molecule has 2 saturated carbocycles. The molecule has 0 spiro atoms. The standard InChI is InChI=1S/C11F20/c12-2(11(29,30)31)1(10(26,27)28)4(14,15)3(13,7(20,21)6(2,18)19)8(22,23)9(24,25)5(1,16)17. The monoisotopic (exact) mass is 512 g/mol. The first-order valence-corrected chi connectivity index (χ1v) is 6.78. The highest BCUT2D eigenvalue weighted by atomic mass is 19.4. The van der Waals surface area contributed by atoms with E-state index in [0.717, 1.165) is 0 Å². The van der Waals surface area contributed by atoms with E-state index < -0.39 is 64.6 Å². The van der Waals surface area contributed by atoms with Gasteiger partial charge in [0.15, 0.2) is 0 Å². The number of rotatable bonds is 0. The molecule has 20 heteroatoms. The van der Waals surface area contributed by atoms with Crippen LogP contribution in [0.2, 0.25) is 0 Å². The SMILES string of the molecule is FC(F)(F)C1(F)C(F)(F)C(F)(F)C2(F)C(F)(F)C(F)(F)C(F)(F)C1(C(F)(F)F)C2(F)F. The average molecular weight is 512 g/mol. The van der Waals surface area contributed by atoms with E-state index in [4.69, 9.17) is 0 Å². The van der Waals surface area contributed by atoms with Crippen LogP contribution in [0.4, 0.5) is 87.8 Å². The number of hydrogen-bond acceptors (Lipinski definition) is 0. The molecular weight excluding hydrogens is 512 g/mol. The molecule has 0 nitrogen and oxygen atoms in total. The van der Waals surface area contributed by atoms with Crippen molar-refractivity contribution in [2.24, 2.45) is 5.41 Å². The van der Waals surface area contributed by atoms with Crippen molar-refractivity contribution in [1.82, 2.24) is 0 Å². The van der Waals surface area contributed by atoms with E-state index in [0.29, 0.717) is 0 Å². The lowest BCUT2D eigenvalue weighted by molar-refractivity contribution is -0.600. The minimum atomic E-state index is -9.20. The highest BCUT2D eigenvalue weighted by Gasteiger charge is 3.19. The normalized spacial score (nSPS) is 42.2. The fourth-order valence-electron chi connectivity index (χ4n) is 3.74. The van der Waals surface area contributed by atoms with Crippen LogP contribution in [0.15, 0.2) is 0 Å². The maximum absolute atomic E-state index is 14.4. The van der Waals surface area contributed by atoms with E-state index in [1.807, 2.05) is 0 Å². The van der Waals surface area contributed by atoms with Crippen molar-refractivity contribution in [3.63, 3.8) is 0 Å². The minimum Gasteiger partial charge on any atom is -0.225 e. The van der Waals surface area contributed by atoms with Gasteiger partial charge in [0.1, 0.15) is 0 Å². The topological polar surface area (TPSA) is 0 Å². The number of halogens is 20. The molecule has 3 unspecified atom stereocenters. The van der Waals surface area contributed by atoms with E-state index in [2.05, 4.69) is 0 Å². The Balaban J connectivity index is 3.48. The molecule has 0 aromatic carbocycles. The summed E-state index contributed by atoms with van der Waals surface area (Å²) in [7, 11) is 0. The molecule has 0 aliphatic heterocycles. The second kappa shape index (κ2) is 5.22. The molecule has 2 aliphatic carbocycles. The van der Waals surface area contributed by atoms with Crippen LogP contribution >= 0.6 is 0 Å². The van der Waals surface area contributed by atoms with Crippen LogP contribution in [0.3, 0.4) is 0 Å². The molecular formula is C11F20. The first-order valence-electron chi connectivity index (χ1n) is 6.78. The van der Waals surface area contributed by atoms with Crippen molar-refractivity contribution in [2.75, 3.05) is 0 Å². The zero-order valence-electron chi connectivity index (χ0n) is 13.1. The van der Waals surface area contributed by atoms with Crippen LogP contribution in [0, 0.1) is 5.41 Å². The third-order valence-corrected chi connectivity index (χ3v) is 5.19. The molecule has 0 N–H and O–H groups in total. The van der Waals surface area contributed by atoms with Gasteiger partial charge < -0.3 is 0 Å². The Hall–Kier alpha value is -1.40. The van der Waals surface area contributed by atoms with Gasteiger partial charge in [-0.05, 0) is 0 Å². The summed E-state index contributed by atoms with van der Waals surface area (Å²) < 4.78 is 271. The number of alkyl halides is 20. The molecule has 0 heterocycles. The summed E-state index contributed by atoms with van der Waals surface area (Å²) in [5.74, 6) is -52.9. The molecule has 3 atom stereocenters. The molecule has 0 amide bonds. The fraction of sp³-hybridized carbons (Fsp3) is 1.00. The minimum absolute atomic E-state index is 8.61. The van der Waals surface area contributed by atoms with Crippen LogP contribution in [0.1, 0.15) is 0 Å². The highest BCUT2D eigenvalue weighted by molar-refractivity contribution is 5.44. The third kappa shape index (κ3) is 1.78. The van der Waals surface area contributed by atoms with Crippen molar-refractivity contribution < 1.29 is 87.8 Å². The molecule has 0 aromatic heterocycles. The first kappa shape index (κ1) is 25.9. The van der Waals surface area contributed by atoms with Crippen molar-refractivity contribution >= 4 is 0 Å².